The van der Waals surface area contributed by atoms with Crippen molar-refractivity contribution in [1.29, 1.82) is 0 Å². The molecule has 2 heterocycles. The van der Waals surface area contributed by atoms with Crippen molar-refractivity contribution in [1.82, 2.24) is 9.80 Å². The van der Waals surface area contributed by atoms with Crippen molar-refractivity contribution >= 4 is 0 Å². The Morgan fingerprint density at radius 2 is 1.86 bits per heavy atom. The minimum atomic E-state index is 0.0149. The van der Waals surface area contributed by atoms with Crippen molar-refractivity contribution in [3.63, 3.8) is 0 Å². The maximum absolute atomic E-state index is 9.25. The minimum Gasteiger partial charge on any atom is -0.394 e. The standard InChI is InChI=1S/C17H26N2O2/c20-14-17-13-19(10-11-21-17)16-6-8-18(9-7-16)12-15-4-2-1-3-5-15/h1-5,16-17,20H,6-14H2. The van der Waals surface area contributed by atoms with Crippen molar-refractivity contribution in [3.8, 4) is 0 Å². The van der Waals surface area contributed by atoms with Gasteiger partial charge in [0.1, 0.15) is 0 Å². The zero-order valence-electron chi connectivity index (χ0n) is 12.7. The van der Waals surface area contributed by atoms with E-state index < -0.39 is 0 Å². The third-order valence-electron chi connectivity index (χ3n) is 4.70. The van der Waals surface area contributed by atoms with Gasteiger partial charge in [-0.1, -0.05) is 30.3 Å². The summed E-state index contributed by atoms with van der Waals surface area (Å²) in [6.07, 6.45) is 2.47. The highest BCUT2D eigenvalue weighted by molar-refractivity contribution is 5.14. The normalized spacial score (nSPS) is 26.0. The molecule has 4 heteroatoms. The SMILES string of the molecule is OCC1CN(C2CCN(Cc3ccccc3)CC2)CCO1. The number of aliphatic hydroxyl groups is 1. The van der Waals surface area contributed by atoms with E-state index in [1.54, 1.807) is 0 Å². The molecule has 0 spiro atoms. The quantitative estimate of drug-likeness (QED) is 0.908. The van der Waals surface area contributed by atoms with Gasteiger partial charge in [-0.05, 0) is 31.5 Å². The summed E-state index contributed by atoms with van der Waals surface area (Å²) in [6, 6.07) is 11.4. The third-order valence-corrected chi connectivity index (χ3v) is 4.70. The summed E-state index contributed by atoms with van der Waals surface area (Å²) in [5.74, 6) is 0. The first kappa shape index (κ1) is 15.0. The van der Waals surface area contributed by atoms with Crippen LogP contribution in [0.3, 0.4) is 0 Å². The Labute approximate surface area is 127 Å². The molecule has 4 nitrogen and oxygen atoms in total. The van der Waals surface area contributed by atoms with Crippen molar-refractivity contribution in [2.45, 2.75) is 31.5 Å². The van der Waals surface area contributed by atoms with Gasteiger partial charge in [-0.2, -0.15) is 0 Å². The van der Waals surface area contributed by atoms with Crippen LogP contribution in [0.5, 0.6) is 0 Å². The molecule has 116 valence electrons. The maximum Gasteiger partial charge on any atom is 0.0932 e. The van der Waals surface area contributed by atoms with Gasteiger partial charge in [0.05, 0.1) is 19.3 Å². The van der Waals surface area contributed by atoms with E-state index in [-0.39, 0.29) is 12.7 Å². The lowest BCUT2D eigenvalue weighted by Crippen LogP contribution is -2.52. The number of aliphatic hydroxyl groups excluding tert-OH is 1. The number of benzene rings is 1. The molecule has 1 N–H and O–H groups in total. The highest BCUT2D eigenvalue weighted by atomic mass is 16.5. The monoisotopic (exact) mass is 290 g/mol. The number of piperidine rings is 1. The van der Waals surface area contributed by atoms with Crippen LogP contribution in [0.2, 0.25) is 0 Å². The summed E-state index contributed by atoms with van der Waals surface area (Å²) in [6.45, 7) is 6.20. The largest absolute Gasteiger partial charge is 0.394 e. The molecule has 0 saturated carbocycles. The van der Waals surface area contributed by atoms with Gasteiger partial charge < -0.3 is 9.84 Å². The molecule has 1 aromatic rings. The lowest BCUT2D eigenvalue weighted by Gasteiger charge is -2.42. The van der Waals surface area contributed by atoms with Gasteiger partial charge in [-0.15, -0.1) is 0 Å². The highest BCUT2D eigenvalue weighted by Gasteiger charge is 2.28. The number of rotatable bonds is 4. The van der Waals surface area contributed by atoms with Crippen molar-refractivity contribution in [2.75, 3.05) is 39.4 Å². The second-order valence-corrected chi connectivity index (χ2v) is 6.16. The molecule has 0 aromatic heterocycles. The maximum atomic E-state index is 9.25. The molecule has 0 aliphatic carbocycles. The first-order valence-corrected chi connectivity index (χ1v) is 8.08. The van der Waals surface area contributed by atoms with Crippen LogP contribution in [-0.2, 0) is 11.3 Å². The highest BCUT2D eigenvalue weighted by Crippen LogP contribution is 2.20. The number of likely N-dealkylation sites (tertiary alicyclic amines) is 1. The molecule has 0 amide bonds. The Balaban J connectivity index is 1.46. The van der Waals surface area contributed by atoms with Gasteiger partial charge in [0.15, 0.2) is 0 Å². The molecule has 0 bridgehead atoms. The average Bonchev–Trinajstić information content (AvgIpc) is 2.56. The predicted octanol–water partition coefficient (Wildman–Crippen LogP) is 1.34. The van der Waals surface area contributed by atoms with E-state index in [2.05, 4.69) is 40.1 Å². The fourth-order valence-corrected chi connectivity index (χ4v) is 3.47. The van der Waals surface area contributed by atoms with Gasteiger partial charge in [0.25, 0.3) is 0 Å². The van der Waals surface area contributed by atoms with E-state index >= 15 is 0 Å². The molecular formula is C17H26N2O2. The van der Waals surface area contributed by atoms with Crippen LogP contribution < -0.4 is 0 Å². The number of morpholine rings is 1. The molecule has 2 saturated heterocycles. The lowest BCUT2D eigenvalue weighted by molar-refractivity contribution is -0.0713. The molecule has 21 heavy (non-hydrogen) atoms. The Morgan fingerprint density at radius 1 is 1.10 bits per heavy atom. The molecule has 3 rings (SSSR count). The predicted molar refractivity (Wildman–Crippen MR) is 83.1 cm³/mol. The number of nitrogens with zero attached hydrogens (tertiary/aromatic N) is 2. The Morgan fingerprint density at radius 3 is 2.57 bits per heavy atom. The van der Waals surface area contributed by atoms with Gasteiger partial charge >= 0.3 is 0 Å². The summed E-state index contributed by atoms with van der Waals surface area (Å²) in [4.78, 5) is 5.07. The van der Waals surface area contributed by atoms with E-state index in [9.17, 15) is 5.11 Å². The molecule has 1 unspecified atom stereocenters. The Kier molecular flexibility index (Phi) is 5.25. The summed E-state index contributed by atoms with van der Waals surface area (Å²) in [5.41, 5.74) is 1.41. The zero-order valence-corrected chi connectivity index (χ0v) is 12.7. The van der Waals surface area contributed by atoms with Crippen LogP contribution in [0.4, 0.5) is 0 Å². The van der Waals surface area contributed by atoms with Crippen LogP contribution in [-0.4, -0.2) is 66.4 Å². The first-order valence-electron chi connectivity index (χ1n) is 8.08. The van der Waals surface area contributed by atoms with E-state index in [4.69, 9.17) is 4.74 Å². The third kappa shape index (κ3) is 4.04. The summed E-state index contributed by atoms with van der Waals surface area (Å²) in [5, 5.41) is 9.25. The molecule has 1 aromatic carbocycles. The summed E-state index contributed by atoms with van der Waals surface area (Å²) in [7, 11) is 0. The Hall–Kier alpha value is -0.940. The van der Waals surface area contributed by atoms with Gasteiger partial charge in [-0.25, -0.2) is 0 Å². The van der Waals surface area contributed by atoms with Crippen LogP contribution >= 0.6 is 0 Å². The molecular weight excluding hydrogens is 264 g/mol. The first-order chi connectivity index (χ1) is 10.3. The van der Waals surface area contributed by atoms with Gasteiger partial charge in [0, 0.05) is 25.7 Å². The second-order valence-electron chi connectivity index (χ2n) is 6.16. The van der Waals surface area contributed by atoms with E-state index in [0.29, 0.717) is 6.04 Å². The average molecular weight is 290 g/mol. The zero-order chi connectivity index (χ0) is 14.5. The van der Waals surface area contributed by atoms with Gasteiger partial charge in [0.2, 0.25) is 0 Å². The van der Waals surface area contributed by atoms with Crippen molar-refractivity contribution in [3.05, 3.63) is 35.9 Å². The molecule has 2 aliphatic rings. The molecule has 2 fully saturated rings. The molecule has 1 atom stereocenters. The van der Waals surface area contributed by atoms with Crippen molar-refractivity contribution in [2.24, 2.45) is 0 Å². The summed E-state index contributed by atoms with van der Waals surface area (Å²) >= 11 is 0. The fourth-order valence-electron chi connectivity index (χ4n) is 3.47. The Bertz CT molecular complexity index is 418. The smallest absolute Gasteiger partial charge is 0.0932 e. The lowest BCUT2D eigenvalue weighted by atomic mass is 10.0. The van der Waals surface area contributed by atoms with Crippen molar-refractivity contribution < 1.29 is 9.84 Å². The number of hydrogen-bond acceptors (Lipinski definition) is 4. The number of ether oxygens (including phenoxy) is 1. The topological polar surface area (TPSA) is 35.9 Å². The fraction of sp³-hybridized carbons (Fsp3) is 0.647. The van der Waals surface area contributed by atoms with Crippen LogP contribution in [0.25, 0.3) is 0 Å². The summed E-state index contributed by atoms with van der Waals surface area (Å²) < 4.78 is 5.55. The molecule has 0 radical (unpaired) electrons. The van der Waals surface area contributed by atoms with E-state index in [0.717, 1.165) is 26.2 Å². The van der Waals surface area contributed by atoms with Crippen LogP contribution in [0.15, 0.2) is 30.3 Å². The van der Waals surface area contributed by atoms with Crippen LogP contribution in [0, 0.1) is 0 Å². The van der Waals surface area contributed by atoms with E-state index in [1.165, 1.54) is 31.5 Å². The van der Waals surface area contributed by atoms with Gasteiger partial charge in [-0.3, -0.25) is 9.80 Å². The molecule has 2 aliphatic heterocycles. The minimum absolute atomic E-state index is 0.0149. The second kappa shape index (κ2) is 7.36. The number of hydrogen-bond donors (Lipinski definition) is 1. The van der Waals surface area contributed by atoms with Crippen LogP contribution in [0.1, 0.15) is 18.4 Å². The van der Waals surface area contributed by atoms with E-state index in [1.807, 2.05) is 0 Å².